The summed E-state index contributed by atoms with van der Waals surface area (Å²) in [4.78, 5) is 0. The van der Waals surface area contributed by atoms with Crippen LogP contribution in [-0.2, 0) is 18.4 Å². The van der Waals surface area contributed by atoms with Gasteiger partial charge < -0.3 is 9.84 Å². The average Bonchev–Trinajstić information content (AvgIpc) is 2.48. The first-order valence-corrected chi connectivity index (χ1v) is 7.00. The van der Waals surface area contributed by atoms with Gasteiger partial charge in [-0.3, -0.25) is 0 Å². The summed E-state index contributed by atoms with van der Waals surface area (Å²) in [7, 11) is 1.64. The SMILES string of the molecule is CCc1ccc(CC(C)(O)c2cccc(OC)c2)cc1. The highest BCUT2D eigenvalue weighted by Crippen LogP contribution is 2.28. The lowest BCUT2D eigenvalue weighted by Gasteiger charge is -2.24. The van der Waals surface area contributed by atoms with Gasteiger partial charge in [0.2, 0.25) is 0 Å². The van der Waals surface area contributed by atoms with Crippen molar-refractivity contribution in [3.63, 3.8) is 0 Å². The predicted molar refractivity (Wildman–Crippen MR) is 82.1 cm³/mol. The molecule has 2 nitrogen and oxygen atoms in total. The van der Waals surface area contributed by atoms with Crippen molar-refractivity contribution in [1.82, 2.24) is 0 Å². The molecule has 0 aliphatic heterocycles. The molecule has 1 unspecified atom stereocenters. The van der Waals surface area contributed by atoms with E-state index in [0.29, 0.717) is 6.42 Å². The van der Waals surface area contributed by atoms with Crippen molar-refractivity contribution in [3.05, 3.63) is 65.2 Å². The molecule has 0 aliphatic carbocycles. The first-order chi connectivity index (χ1) is 9.55. The van der Waals surface area contributed by atoms with Gasteiger partial charge >= 0.3 is 0 Å². The molecule has 2 heteroatoms. The fourth-order valence-corrected chi connectivity index (χ4v) is 2.35. The zero-order valence-corrected chi connectivity index (χ0v) is 12.4. The molecule has 0 saturated heterocycles. The number of rotatable bonds is 5. The predicted octanol–water partition coefficient (Wildman–Crippen LogP) is 3.71. The fraction of sp³-hybridized carbons (Fsp3) is 0.333. The summed E-state index contributed by atoms with van der Waals surface area (Å²) in [6, 6.07) is 16.0. The molecule has 1 atom stereocenters. The molecule has 0 heterocycles. The number of aryl methyl sites for hydroxylation is 1. The quantitative estimate of drug-likeness (QED) is 0.897. The van der Waals surface area contributed by atoms with Crippen molar-refractivity contribution < 1.29 is 9.84 Å². The van der Waals surface area contributed by atoms with Crippen LogP contribution >= 0.6 is 0 Å². The third kappa shape index (κ3) is 3.40. The molecule has 2 rings (SSSR count). The molecule has 0 aromatic heterocycles. The Morgan fingerprint density at radius 1 is 1.05 bits per heavy atom. The van der Waals surface area contributed by atoms with E-state index >= 15 is 0 Å². The number of methoxy groups -OCH3 is 1. The average molecular weight is 270 g/mol. The van der Waals surface area contributed by atoms with Gasteiger partial charge in [-0.05, 0) is 42.2 Å². The van der Waals surface area contributed by atoms with Crippen LogP contribution in [0, 0.1) is 0 Å². The highest BCUT2D eigenvalue weighted by Gasteiger charge is 2.23. The van der Waals surface area contributed by atoms with E-state index in [4.69, 9.17) is 4.74 Å². The molecule has 0 aliphatic rings. The molecule has 0 saturated carbocycles. The molecule has 1 N–H and O–H groups in total. The number of aliphatic hydroxyl groups is 1. The summed E-state index contributed by atoms with van der Waals surface area (Å²) in [5.74, 6) is 0.768. The van der Waals surface area contributed by atoms with Crippen molar-refractivity contribution in [2.45, 2.75) is 32.3 Å². The second-order valence-electron chi connectivity index (χ2n) is 5.35. The van der Waals surface area contributed by atoms with Crippen LogP contribution in [-0.4, -0.2) is 12.2 Å². The Morgan fingerprint density at radius 3 is 2.30 bits per heavy atom. The van der Waals surface area contributed by atoms with Crippen molar-refractivity contribution in [2.75, 3.05) is 7.11 Å². The molecule has 106 valence electrons. The number of hydrogen-bond donors (Lipinski definition) is 1. The Labute approximate surface area is 121 Å². The van der Waals surface area contributed by atoms with E-state index in [1.807, 2.05) is 31.2 Å². The van der Waals surface area contributed by atoms with Gasteiger partial charge in [0.05, 0.1) is 12.7 Å². The fourth-order valence-electron chi connectivity index (χ4n) is 2.35. The van der Waals surface area contributed by atoms with Crippen LogP contribution < -0.4 is 4.74 Å². The standard InChI is InChI=1S/C18H22O2/c1-4-14-8-10-15(11-9-14)13-18(2,19)16-6-5-7-17(12-16)20-3/h5-12,19H,4,13H2,1-3H3. The maximum Gasteiger partial charge on any atom is 0.119 e. The normalized spacial score (nSPS) is 13.8. The van der Waals surface area contributed by atoms with Crippen LogP contribution in [0.15, 0.2) is 48.5 Å². The minimum absolute atomic E-state index is 0.587. The van der Waals surface area contributed by atoms with Crippen LogP contribution in [0.1, 0.15) is 30.5 Å². The Hall–Kier alpha value is -1.80. The molecule has 2 aromatic rings. The Kier molecular flexibility index (Phi) is 4.46. The van der Waals surface area contributed by atoms with Crippen LogP contribution in [0.3, 0.4) is 0 Å². The molecular weight excluding hydrogens is 248 g/mol. The minimum atomic E-state index is -0.901. The van der Waals surface area contributed by atoms with Crippen molar-refractivity contribution in [2.24, 2.45) is 0 Å². The molecule has 0 amide bonds. The van der Waals surface area contributed by atoms with E-state index in [-0.39, 0.29) is 0 Å². The van der Waals surface area contributed by atoms with E-state index in [9.17, 15) is 5.11 Å². The van der Waals surface area contributed by atoms with Crippen molar-refractivity contribution in [3.8, 4) is 5.75 Å². The summed E-state index contributed by atoms with van der Waals surface area (Å²) < 4.78 is 5.22. The smallest absolute Gasteiger partial charge is 0.119 e. The van der Waals surface area contributed by atoms with E-state index in [1.165, 1.54) is 5.56 Å². The molecule has 0 bridgehead atoms. The highest BCUT2D eigenvalue weighted by atomic mass is 16.5. The molecule has 20 heavy (non-hydrogen) atoms. The Balaban J connectivity index is 2.20. The van der Waals surface area contributed by atoms with Crippen molar-refractivity contribution >= 4 is 0 Å². The number of benzene rings is 2. The lowest BCUT2D eigenvalue weighted by Crippen LogP contribution is -2.24. The zero-order valence-electron chi connectivity index (χ0n) is 12.4. The van der Waals surface area contributed by atoms with Gasteiger partial charge in [0.15, 0.2) is 0 Å². The van der Waals surface area contributed by atoms with Gasteiger partial charge in [-0.1, -0.05) is 43.3 Å². The second kappa shape index (κ2) is 6.10. The third-order valence-electron chi connectivity index (χ3n) is 3.67. The van der Waals surface area contributed by atoms with Crippen LogP contribution in [0.25, 0.3) is 0 Å². The van der Waals surface area contributed by atoms with Crippen molar-refractivity contribution in [1.29, 1.82) is 0 Å². The topological polar surface area (TPSA) is 29.5 Å². The van der Waals surface area contributed by atoms with E-state index in [1.54, 1.807) is 7.11 Å². The first-order valence-electron chi connectivity index (χ1n) is 7.00. The second-order valence-corrected chi connectivity index (χ2v) is 5.35. The Morgan fingerprint density at radius 2 is 1.70 bits per heavy atom. The number of ether oxygens (including phenoxy) is 1. The van der Waals surface area contributed by atoms with Gasteiger partial charge in [0.1, 0.15) is 5.75 Å². The van der Waals surface area contributed by atoms with Gasteiger partial charge in [0, 0.05) is 6.42 Å². The summed E-state index contributed by atoms with van der Waals surface area (Å²) in [5, 5.41) is 10.7. The van der Waals surface area contributed by atoms with E-state index < -0.39 is 5.60 Å². The molecule has 0 spiro atoms. The first kappa shape index (κ1) is 14.6. The summed E-state index contributed by atoms with van der Waals surface area (Å²) in [6.45, 7) is 3.98. The largest absolute Gasteiger partial charge is 0.497 e. The van der Waals surface area contributed by atoms with E-state index in [2.05, 4.69) is 31.2 Å². The zero-order chi connectivity index (χ0) is 14.6. The Bertz CT molecular complexity index is 556. The van der Waals surface area contributed by atoms with Gasteiger partial charge in [-0.2, -0.15) is 0 Å². The molecule has 0 fully saturated rings. The lowest BCUT2D eigenvalue weighted by atomic mass is 9.88. The summed E-state index contributed by atoms with van der Waals surface area (Å²) >= 11 is 0. The minimum Gasteiger partial charge on any atom is -0.497 e. The molecule has 0 radical (unpaired) electrons. The summed E-state index contributed by atoms with van der Waals surface area (Å²) in [5.41, 5.74) is 2.42. The maximum absolute atomic E-state index is 10.7. The van der Waals surface area contributed by atoms with Gasteiger partial charge in [-0.15, -0.1) is 0 Å². The van der Waals surface area contributed by atoms with E-state index in [0.717, 1.165) is 23.3 Å². The van der Waals surface area contributed by atoms with Crippen LogP contribution in [0.4, 0.5) is 0 Å². The summed E-state index contributed by atoms with van der Waals surface area (Å²) in [6.07, 6.45) is 1.62. The maximum atomic E-state index is 10.7. The number of hydrogen-bond acceptors (Lipinski definition) is 2. The highest BCUT2D eigenvalue weighted by molar-refractivity contribution is 5.34. The van der Waals surface area contributed by atoms with Gasteiger partial charge in [0.25, 0.3) is 0 Å². The monoisotopic (exact) mass is 270 g/mol. The van der Waals surface area contributed by atoms with Gasteiger partial charge in [-0.25, -0.2) is 0 Å². The molecule has 2 aromatic carbocycles. The van der Waals surface area contributed by atoms with Crippen LogP contribution in [0.2, 0.25) is 0 Å². The lowest BCUT2D eigenvalue weighted by molar-refractivity contribution is 0.0574. The molecular formula is C18H22O2. The van der Waals surface area contributed by atoms with Crippen LogP contribution in [0.5, 0.6) is 5.75 Å². The third-order valence-corrected chi connectivity index (χ3v) is 3.67.